The van der Waals surface area contributed by atoms with E-state index in [-0.39, 0.29) is 12.6 Å². The number of nitrogens with zero attached hydrogens (tertiary/aromatic N) is 1. The molecule has 1 saturated carbocycles. The molecule has 1 aliphatic rings. The Morgan fingerprint density at radius 2 is 2.18 bits per heavy atom. The van der Waals surface area contributed by atoms with Gasteiger partial charge in [-0.05, 0) is 31.4 Å². The van der Waals surface area contributed by atoms with Crippen molar-refractivity contribution in [1.29, 1.82) is 0 Å². The number of aliphatic hydroxyl groups excluding tert-OH is 1. The summed E-state index contributed by atoms with van der Waals surface area (Å²) in [6, 6.07) is 1.81. The molecule has 0 radical (unpaired) electrons. The van der Waals surface area contributed by atoms with E-state index in [0.717, 1.165) is 29.7 Å². The van der Waals surface area contributed by atoms with Crippen LogP contribution in [0.15, 0.2) is 10.3 Å². The number of hydrogen-bond acceptors (Lipinski definition) is 4. The second-order valence-corrected chi connectivity index (χ2v) is 7.80. The minimum absolute atomic E-state index is 0.0981. The van der Waals surface area contributed by atoms with Crippen molar-refractivity contribution in [2.75, 3.05) is 7.05 Å². The molecule has 0 aromatic carbocycles. The summed E-state index contributed by atoms with van der Waals surface area (Å²) in [5, 5.41) is 9.10. The first-order valence-electron chi connectivity index (χ1n) is 5.65. The van der Waals surface area contributed by atoms with Gasteiger partial charge in [0.15, 0.2) is 0 Å². The van der Waals surface area contributed by atoms with E-state index in [1.165, 1.54) is 15.6 Å². The minimum atomic E-state index is -3.37. The molecule has 96 valence electrons. The van der Waals surface area contributed by atoms with Crippen LogP contribution in [0.4, 0.5) is 0 Å². The molecule has 0 unspecified atom stereocenters. The van der Waals surface area contributed by atoms with Gasteiger partial charge >= 0.3 is 0 Å². The van der Waals surface area contributed by atoms with Gasteiger partial charge in [-0.3, -0.25) is 0 Å². The van der Waals surface area contributed by atoms with Crippen molar-refractivity contribution in [3.63, 3.8) is 0 Å². The highest BCUT2D eigenvalue weighted by molar-refractivity contribution is 7.91. The Kier molecular flexibility index (Phi) is 3.58. The Balaban J connectivity index is 2.30. The Bertz CT molecular complexity index is 503. The van der Waals surface area contributed by atoms with Crippen LogP contribution in [0.3, 0.4) is 0 Å². The molecule has 0 aliphatic heterocycles. The molecule has 4 nitrogen and oxygen atoms in total. The molecule has 2 rings (SSSR count). The third-order valence-electron chi connectivity index (χ3n) is 3.36. The first kappa shape index (κ1) is 13.0. The predicted molar refractivity (Wildman–Crippen MR) is 67.6 cm³/mol. The van der Waals surface area contributed by atoms with Crippen LogP contribution in [0, 0.1) is 6.92 Å². The fourth-order valence-electron chi connectivity index (χ4n) is 1.86. The number of sulfonamides is 1. The molecule has 0 saturated heterocycles. The van der Waals surface area contributed by atoms with Gasteiger partial charge in [-0.1, -0.05) is 6.42 Å². The summed E-state index contributed by atoms with van der Waals surface area (Å²) in [6.07, 6.45) is 3.01. The lowest BCUT2D eigenvalue weighted by atomic mass is 9.94. The molecule has 1 N–H and O–H groups in total. The zero-order valence-electron chi connectivity index (χ0n) is 10.0. The molecule has 0 atom stereocenters. The molecular formula is C11H17NO3S2. The molecule has 1 aliphatic carbocycles. The molecule has 1 aromatic heterocycles. The van der Waals surface area contributed by atoms with E-state index in [1.54, 1.807) is 13.1 Å². The van der Waals surface area contributed by atoms with Gasteiger partial charge in [0.25, 0.3) is 10.0 Å². The maximum absolute atomic E-state index is 12.3. The van der Waals surface area contributed by atoms with Crippen LogP contribution in [-0.4, -0.2) is 30.9 Å². The smallest absolute Gasteiger partial charge is 0.252 e. The van der Waals surface area contributed by atoms with Crippen molar-refractivity contribution in [3.05, 3.63) is 16.5 Å². The first-order valence-corrected chi connectivity index (χ1v) is 7.90. The molecule has 0 bridgehead atoms. The van der Waals surface area contributed by atoms with Crippen molar-refractivity contribution < 1.29 is 13.5 Å². The first-order chi connectivity index (χ1) is 7.96. The van der Waals surface area contributed by atoms with E-state index in [4.69, 9.17) is 5.11 Å². The zero-order chi connectivity index (χ0) is 12.6. The van der Waals surface area contributed by atoms with Crippen LogP contribution in [0.1, 0.15) is 29.7 Å². The van der Waals surface area contributed by atoms with Gasteiger partial charge in [0.05, 0.1) is 6.61 Å². The summed E-state index contributed by atoms with van der Waals surface area (Å²) in [4.78, 5) is 0.727. The molecule has 1 heterocycles. The lowest BCUT2D eigenvalue weighted by molar-refractivity contribution is 0.250. The summed E-state index contributed by atoms with van der Waals surface area (Å²) in [6.45, 7) is 1.73. The fraction of sp³-hybridized carbons (Fsp3) is 0.636. The second-order valence-electron chi connectivity index (χ2n) is 4.44. The van der Waals surface area contributed by atoms with E-state index in [9.17, 15) is 8.42 Å². The zero-order valence-corrected chi connectivity index (χ0v) is 11.6. The van der Waals surface area contributed by atoms with Gasteiger partial charge < -0.3 is 5.11 Å². The average molecular weight is 275 g/mol. The van der Waals surface area contributed by atoms with Gasteiger partial charge in [0, 0.05) is 18.0 Å². The summed E-state index contributed by atoms with van der Waals surface area (Å²) in [5.41, 5.74) is 0.845. The third kappa shape index (κ3) is 2.27. The molecule has 17 heavy (non-hydrogen) atoms. The van der Waals surface area contributed by atoms with E-state index in [2.05, 4.69) is 0 Å². The second kappa shape index (κ2) is 4.68. The maximum Gasteiger partial charge on any atom is 0.252 e. The van der Waals surface area contributed by atoms with Gasteiger partial charge in [0.1, 0.15) is 4.21 Å². The number of thiophene rings is 1. The predicted octanol–water partition coefficient (Wildman–Crippen LogP) is 1.72. The van der Waals surface area contributed by atoms with Crippen LogP contribution in [0.2, 0.25) is 0 Å². The summed E-state index contributed by atoms with van der Waals surface area (Å²) < 4.78 is 26.4. The van der Waals surface area contributed by atoms with Crippen molar-refractivity contribution in [2.24, 2.45) is 0 Å². The minimum Gasteiger partial charge on any atom is -0.391 e. The van der Waals surface area contributed by atoms with Crippen molar-refractivity contribution in [3.8, 4) is 0 Å². The topological polar surface area (TPSA) is 57.6 Å². The maximum atomic E-state index is 12.3. The molecule has 6 heteroatoms. The average Bonchev–Trinajstić information content (AvgIpc) is 2.57. The van der Waals surface area contributed by atoms with E-state index >= 15 is 0 Å². The Hall–Kier alpha value is -0.430. The standard InChI is InChI=1S/C11H17NO3S2/c1-8-6-11(16-10(8)7-13)17(14,15)12(2)9-4-3-5-9/h6,9,13H,3-5,7H2,1-2H3. The van der Waals surface area contributed by atoms with Crippen molar-refractivity contribution in [2.45, 2.75) is 43.0 Å². The van der Waals surface area contributed by atoms with Crippen LogP contribution in [-0.2, 0) is 16.6 Å². The van der Waals surface area contributed by atoms with Gasteiger partial charge in [-0.25, -0.2) is 8.42 Å². The SMILES string of the molecule is Cc1cc(S(=O)(=O)N(C)C2CCC2)sc1CO. The Morgan fingerprint density at radius 3 is 2.59 bits per heavy atom. The van der Waals surface area contributed by atoms with E-state index in [0.29, 0.717) is 4.21 Å². The van der Waals surface area contributed by atoms with Crippen LogP contribution < -0.4 is 0 Å². The molecule has 1 aromatic rings. The fourth-order valence-corrected chi connectivity index (χ4v) is 4.91. The van der Waals surface area contributed by atoms with Crippen molar-refractivity contribution in [1.82, 2.24) is 4.31 Å². The highest BCUT2D eigenvalue weighted by atomic mass is 32.2. The number of aryl methyl sites for hydroxylation is 1. The van der Waals surface area contributed by atoms with Gasteiger partial charge in [-0.2, -0.15) is 4.31 Å². The largest absolute Gasteiger partial charge is 0.391 e. The molecule has 0 amide bonds. The quantitative estimate of drug-likeness (QED) is 0.910. The normalized spacial score (nSPS) is 17.4. The number of rotatable bonds is 4. The van der Waals surface area contributed by atoms with E-state index in [1.807, 2.05) is 6.92 Å². The Labute approximate surface area is 106 Å². The van der Waals surface area contributed by atoms with Crippen molar-refractivity contribution >= 4 is 21.4 Å². The summed E-state index contributed by atoms with van der Waals surface area (Å²) >= 11 is 1.17. The lowest BCUT2D eigenvalue weighted by Gasteiger charge is -2.33. The summed E-state index contributed by atoms with van der Waals surface area (Å²) in [5.74, 6) is 0. The van der Waals surface area contributed by atoms with E-state index < -0.39 is 10.0 Å². The Morgan fingerprint density at radius 1 is 1.53 bits per heavy atom. The number of aliphatic hydroxyl groups is 1. The highest BCUT2D eigenvalue weighted by Gasteiger charge is 2.32. The van der Waals surface area contributed by atoms with Gasteiger partial charge in [-0.15, -0.1) is 11.3 Å². The number of hydrogen-bond donors (Lipinski definition) is 1. The van der Waals surface area contributed by atoms with Crippen LogP contribution in [0.5, 0.6) is 0 Å². The molecule has 1 fully saturated rings. The van der Waals surface area contributed by atoms with Gasteiger partial charge in [0.2, 0.25) is 0 Å². The molecule has 0 spiro atoms. The monoisotopic (exact) mass is 275 g/mol. The third-order valence-corrected chi connectivity index (χ3v) is 6.94. The lowest BCUT2D eigenvalue weighted by Crippen LogP contribution is -2.40. The molecular weight excluding hydrogens is 258 g/mol. The summed E-state index contributed by atoms with van der Waals surface area (Å²) in [7, 11) is -1.72. The highest BCUT2D eigenvalue weighted by Crippen LogP contribution is 2.32. The van der Waals surface area contributed by atoms with Crippen LogP contribution >= 0.6 is 11.3 Å². The van der Waals surface area contributed by atoms with Crippen LogP contribution in [0.25, 0.3) is 0 Å².